The van der Waals surface area contributed by atoms with E-state index in [1.165, 1.54) is 0 Å². The van der Waals surface area contributed by atoms with Gasteiger partial charge in [-0.05, 0) is 6.92 Å². The Kier molecular flexibility index (Phi) is 3.64. The van der Waals surface area contributed by atoms with E-state index in [9.17, 15) is 0 Å². The Morgan fingerprint density at radius 2 is 2.00 bits per heavy atom. The van der Waals surface area contributed by atoms with Crippen LogP contribution >= 0.6 is 0 Å². The highest BCUT2D eigenvalue weighted by Crippen LogP contribution is 2.44. The number of rotatable bonds is 3. The summed E-state index contributed by atoms with van der Waals surface area (Å²) in [5.41, 5.74) is -0.283. The van der Waals surface area contributed by atoms with Crippen LogP contribution in [-0.2, 0) is 22.1 Å². The molecule has 0 amide bonds. The molecule has 0 bridgehead atoms. The fourth-order valence-corrected chi connectivity index (χ4v) is 4.06. The van der Waals surface area contributed by atoms with Gasteiger partial charge in [-0.15, -0.1) is 20.4 Å². The van der Waals surface area contributed by atoms with E-state index >= 15 is 0 Å². The van der Waals surface area contributed by atoms with Crippen molar-refractivity contribution in [2.45, 2.75) is 52.0 Å². The molecule has 0 aromatic carbocycles. The molecule has 2 saturated heterocycles. The summed E-state index contributed by atoms with van der Waals surface area (Å²) in [6, 6.07) is 0. The second-order valence-electron chi connectivity index (χ2n) is 8.19. The lowest BCUT2D eigenvalue weighted by Crippen LogP contribution is -2.36. The van der Waals surface area contributed by atoms with E-state index in [1.54, 1.807) is 0 Å². The summed E-state index contributed by atoms with van der Waals surface area (Å²) < 4.78 is 13.8. The molecule has 2 aliphatic heterocycles. The molecule has 2 aromatic heterocycles. The highest BCUT2D eigenvalue weighted by molar-refractivity contribution is 5.39. The molecular weight excluding hydrogens is 320 g/mol. The molecule has 2 aromatic rings. The summed E-state index contributed by atoms with van der Waals surface area (Å²) in [7, 11) is 0. The Balaban J connectivity index is 1.70. The molecule has 136 valence electrons. The number of hydrogen-bond acceptors (Lipinski definition) is 7. The van der Waals surface area contributed by atoms with E-state index in [0.717, 1.165) is 31.4 Å². The summed E-state index contributed by atoms with van der Waals surface area (Å²) in [4.78, 5) is 2.30. The van der Waals surface area contributed by atoms with Crippen LogP contribution in [0.15, 0.2) is 4.42 Å². The number of hydrogen-bond donors (Lipinski definition) is 0. The van der Waals surface area contributed by atoms with Crippen LogP contribution in [0.1, 0.15) is 45.3 Å². The quantitative estimate of drug-likeness (QED) is 0.836. The lowest BCUT2D eigenvalue weighted by molar-refractivity contribution is 0.166. The van der Waals surface area contributed by atoms with Gasteiger partial charge in [0.25, 0.3) is 0 Å². The largest absolute Gasteiger partial charge is 0.425 e. The average molecular weight is 346 g/mol. The van der Waals surface area contributed by atoms with Gasteiger partial charge in [0.15, 0.2) is 0 Å². The van der Waals surface area contributed by atoms with Crippen molar-refractivity contribution in [2.75, 3.05) is 31.2 Å². The van der Waals surface area contributed by atoms with Crippen molar-refractivity contribution in [1.82, 2.24) is 25.0 Å². The van der Waals surface area contributed by atoms with Gasteiger partial charge in [0, 0.05) is 37.9 Å². The highest BCUT2D eigenvalue weighted by atomic mass is 16.5. The maximum atomic E-state index is 5.80. The van der Waals surface area contributed by atoms with Gasteiger partial charge >= 0.3 is 0 Å². The molecule has 0 N–H and O–H groups in total. The van der Waals surface area contributed by atoms with Crippen molar-refractivity contribution in [3.63, 3.8) is 0 Å². The first kappa shape index (κ1) is 16.5. The van der Waals surface area contributed by atoms with Gasteiger partial charge in [0.05, 0.1) is 18.6 Å². The molecule has 0 spiro atoms. The predicted molar refractivity (Wildman–Crippen MR) is 91.6 cm³/mol. The first-order valence-electron chi connectivity index (χ1n) is 8.92. The van der Waals surface area contributed by atoms with Crippen molar-refractivity contribution in [1.29, 1.82) is 0 Å². The fraction of sp³-hybridized carbons (Fsp3) is 0.765. The molecule has 25 heavy (non-hydrogen) atoms. The lowest BCUT2D eigenvalue weighted by Gasteiger charge is -2.24. The summed E-state index contributed by atoms with van der Waals surface area (Å²) >= 11 is 0. The van der Waals surface area contributed by atoms with Gasteiger partial charge in [-0.1, -0.05) is 20.8 Å². The van der Waals surface area contributed by atoms with Crippen LogP contribution in [-0.4, -0.2) is 51.3 Å². The lowest BCUT2D eigenvalue weighted by atomic mass is 9.81. The van der Waals surface area contributed by atoms with E-state index in [2.05, 4.69) is 57.6 Å². The van der Waals surface area contributed by atoms with Crippen molar-refractivity contribution >= 4 is 5.95 Å². The zero-order valence-corrected chi connectivity index (χ0v) is 15.6. The third-order valence-corrected chi connectivity index (χ3v) is 5.33. The molecule has 0 unspecified atom stereocenters. The van der Waals surface area contributed by atoms with Crippen molar-refractivity contribution in [3.05, 3.63) is 17.6 Å². The van der Waals surface area contributed by atoms with E-state index < -0.39 is 0 Å². The Labute approximate surface area is 147 Å². The van der Waals surface area contributed by atoms with Gasteiger partial charge in [-0.2, -0.15) is 0 Å². The molecule has 0 radical (unpaired) electrons. The highest BCUT2D eigenvalue weighted by Gasteiger charge is 2.56. The molecule has 0 saturated carbocycles. The minimum Gasteiger partial charge on any atom is -0.425 e. The van der Waals surface area contributed by atoms with Crippen LogP contribution < -0.4 is 4.90 Å². The van der Waals surface area contributed by atoms with Crippen molar-refractivity contribution < 1.29 is 9.15 Å². The van der Waals surface area contributed by atoms with Crippen LogP contribution in [0.2, 0.25) is 0 Å². The first-order chi connectivity index (χ1) is 11.8. The summed E-state index contributed by atoms with van der Waals surface area (Å²) in [5, 5.41) is 17.3. The smallest absolute Gasteiger partial charge is 0.227 e. The summed E-state index contributed by atoms with van der Waals surface area (Å²) in [5.74, 6) is 3.56. The van der Waals surface area contributed by atoms with E-state index in [4.69, 9.17) is 9.15 Å². The van der Waals surface area contributed by atoms with E-state index in [0.29, 0.717) is 30.9 Å². The van der Waals surface area contributed by atoms with Gasteiger partial charge in [0.2, 0.25) is 17.7 Å². The van der Waals surface area contributed by atoms with Gasteiger partial charge in [0.1, 0.15) is 5.82 Å². The normalized spacial score (nSPS) is 26.4. The number of aromatic nitrogens is 5. The van der Waals surface area contributed by atoms with Crippen LogP contribution in [0, 0.1) is 12.8 Å². The number of nitrogens with zero attached hydrogens (tertiary/aromatic N) is 6. The molecule has 8 heteroatoms. The third kappa shape index (κ3) is 2.46. The molecule has 0 aliphatic carbocycles. The number of aryl methyl sites for hydroxylation is 1. The SMILES string of the molecule is CCn1c(N2C[C@H]3COC[C@@]3(c3nnc(C)o3)C2)nnc1C(C)(C)C. The second-order valence-corrected chi connectivity index (χ2v) is 8.19. The van der Waals surface area contributed by atoms with Crippen LogP contribution in [0.4, 0.5) is 5.95 Å². The Morgan fingerprint density at radius 3 is 2.64 bits per heavy atom. The van der Waals surface area contributed by atoms with Gasteiger partial charge in [-0.25, -0.2) is 0 Å². The molecular formula is C17H26N6O2. The topological polar surface area (TPSA) is 82.1 Å². The fourth-order valence-electron chi connectivity index (χ4n) is 4.06. The zero-order chi connectivity index (χ0) is 17.8. The molecule has 2 aliphatic rings. The van der Waals surface area contributed by atoms with Crippen LogP contribution in [0.25, 0.3) is 0 Å². The molecule has 8 nitrogen and oxygen atoms in total. The zero-order valence-electron chi connectivity index (χ0n) is 15.6. The van der Waals surface area contributed by atoms with Crippen molar-refractivity contribution in [3.8, 4) is 0 Å². The van der Waals surface area contributed by atoms with Crippen molar-refractivity contribution in [2.24, 2.45) is 5.92 Å². The minimum absolute atomic E-state index is 0.0404. The standard InChI is InChI=1S/C17H26N6O2/c1-6-23-13(16(3,4)5)19-21-15(23)22-7-12-8-24-10-17(12,9-22)14-20-18-11(2)25-14/h12H,6-10H2,1-5H3/t12-,17-/m0/s1. The Morgan fingerprint density at radius 1 is 1.20 bits per heavy atom. The monoisotopic (exact) mass is 346 g/mol. The number of anilines is 1. The van der Waals surface area contributed by atoms with Gasteiger partial charge < -0.3 is 14.1 Å². The average Bonchev–Trinajstić information content (AvgIpc) is 3.26. The Hall–Kier alpha value is -1.96. The first-order valence-corrected chi connectivity index (χ1v) is 8.92. The van der Waals surface area contributed by atoms with E-state index in [-0.39, 0.29) is 10.8 Å². The van der Waals surface area contributed by atoms with Gasteiger partial charge in [-0.3, -0.25) is 4.57 Å². The van der Waals surface area contributed by atoms with Crippen LogP contribution in [0.3, 0.4) is 0 Å². The Bertz CT molecular complexity index is 776. The summed E-state index contributed by atoms with van der Waals surface area (Å²) in [6.07, 6.45) is 0. The molecule has 2 fully saturated rings. The minimum atomic E-state index is -0.242. The molecule has 4 heterocycles. The third-order valence-electron chi connectivity index (χ3n) is 5.33. The maximum Gasteiger partial charge on any atom is 0.227 e. The summed E-state index contributed by atoms with van der Waals surface area (Å²) in [6.45, 7) is 14.3. The second kappa shape index (κ2) is 5.52. The number of ether oxygens (including phenoxy) is 1. The maximum absolute atomic E-state index is 5.80. The number of fused-ring (bicyclic) bond motifs is 1. The molecule has 4 rings (SSSR count). The van der Waals surface area contributed by atoms with E-state index in [1.807, 2.05) is 6.92 Å². The predicted octanol–water partition coefficient (Wildman–Crippen LogP) is 1.69. The molecule has 2 atom stereocenters. The van der Waals surface area contributed by atoms with Crippen LogP contribution in [0.5, 0.6) is 0 Å².